The highest BCUT2D eigenvalue weighted by atomic mass is 32.2. The van der Waals surface area contributed by atoms with Gasteiger partial charge in [0.25, 0.3) is 0 Å². The third-order valence-corrected chi connectivity index (χ3v) is 2.78. The number of aliphatic hydroxyl groups excluding tert-OH is 1. The van der Waals surface area contributed by atoms with Crippen LogP contribution in [0.5, 0.6) is 0 Å². The number of aliphatic hydroxyl groups is 1. The molecule has 0 spiro atoms. The first-order valence-electron chi connectivity index (χ1n) is 4.58. The van der Waals surface area contributed by atoms with E-state index in [-0.39, 0.29) is 5.78 Å². The van der Waals surface area contributed by atoms with Gasteiger partial charge in [0.1, 0.15) is 0 Å². The molecule has 0 radical (unpaired) electrons. The normalized spacial score (nSPS) is 12.3. The van der Waals surface area contributed by atoms with E-state index in [1.54, 1.807) is 18.4 Å². The Morgan fingerprint density at radius 1 is 1.33 bits per heavy atom. The zero-order chi connectivity index (χ0) is 11.4. The van der Waals surface area contributed by atoms with Crippen LogP contribution in [0.2, 0.25) is 0 Å². The van der Waals surface area contributed by atoms with Gasteiger partial charge in [-0.15, -0.1) is 11.8 Å². The SMILES string of the molecule is CSC(O)C(=O)c1ccc(N(C)C)cc1. The van der Waals surface area contributed by atoms with E-state index in [4.69, 9.17) is 0 Å². The fraction of sp³-hybridized carbons (Fsp3) is 0.364. The second kappa shape index (κ2) is 5.19. The molecule has 0 heterocycles. The number of thioether (sulfide) groups is 1. The Morgan fingerprint density at radius 2 is 1.87 bits per heavy atom. The highest BCUT2D eigenvalue weighted by Crippen LogP contribution is 2.16. The van der Waals surface area contributed by atoms with Gasteiger partial charge in [0.2, 0.25) is 5.78 Å². The van der Waals surface area contributed by atoms with Crippen LogP contribution in [0.3, 0.4) is 0 Å². The molecule has 4 heteroatoms. The van der Waals surface area contributed by atoms with Gasteiger partial charge >= 0.3 is 0 Å². The molecule has 3 nitrogen and oxygen atoms in total. The number of carbonyl (C=O) groups excluding carboxylic acids is 1. The minimum atomic E-state index is -0.963. The summed E-state index contributed by atoms with van der Waals surface area (Å²) in [6.07, 6.45) is 1.71. The first-order valence-corrected chi connectivity index (χ1v) is 5.87. The first kappa shape index (κ1) is 12.1. The van der Waals surface area contributed by atoms with Crippen molar-refractivity contribution in [3.05, 3.63) is 29.8 Å². The molecule has 0 fully saturated rings. The molecule has 0 bridgehead atoms. The molecule has 0 saturated heterocycles. The Hall–Kier alpha value is -1.00. The summed E-state index contributed by atoms with van der Waals surface area (Å²) in [5.74, 6) is -0.243. The van der Waals surface area contributed by atoms with Gasteiger partial charge in [-0.1, -0.05) is 0 Å². The Morgan fingerprint density at radius 3 is 2.27 bits per heavy atom. The van der Waals surface area contributed by atoms with Crippen molar-refractivity contribution in [1.82, 2.24) is 0 Å². The lowest BCUT2D eigenvalue weighted by Gasteiger charge is -2.13. The number of ketones is 1. The number of nitrogens with zero attached hydrogens (tertiary/aromatic N) is 1. The van der Waals surface area contributed by atoms with Crippen molar-refractivity contribution in [1.29, 1.82) is 0 Å². The predicted octanol–water partition coefficient (Wildman–Crippen LogP) is 1.62. The van der Waals surface area contributed by atoms with Crippen molar-refractivity contribution in [2.75, 3.05) is 25.3 Å². The maximum atomic E-state index is 11.6. The van der Waals surface area contributed by atoms with Crippen LogP contribution in [0.25, 0.3) is 0 Å². The van der Waals surface area contributed by atoms with Gasteiger partial charge in [0, 0.05) is 25.3 Å². The minimum Gasteiger partial charge on any atom is -0.378 e. The van der Waals surface area contributed by atoms with Crippen LogP contribution in [-0.4, -0.2) is 36.7 Å². The molecule has 0 aliphatic rings. The molecule has 0 aliphatic heterocycles. The standard InChI is InChI=1S/C11H15NO2S/c1-12(2)9-6-4-8(5-7-9)10(13)11(14)15-3/h4-7,11,14H,1-3H3. The van der Waals surface area contributed by atoms with E-state index in [1.165, 1.54) is 0 Å². The van der Waals surface area contributed by atoms with Crippen molar-refractivity contribution in [3.8, 4) is 0 Å². The monoisotopic (exact) mass is 225 g/mol. The molecular weight excluding hydrogens is 210 g/mol. The van der Waals surface area contributed by atoms with Crippen LogP contribution >= 0.6 is 11.8 Å². The zero-order valence-corrected chi connectivity index (χ0v) is 9.91. The Balaban J connectivity index is 2.84. The molecule has 1 rings (SSSR count). The lowest BCUT2D eigenvalue weighted by molar-refractivity contribution is 0.0869. The van der Waals surface area contributed by atoms with Gasteiger partial charge in [0.15, 0.2) is 5.44 Å². The highest BCUT2D eigenvalue weighted by molar-refractivity contribution is 7.99. The molecule has 1 N–H and O–H groups in total. The van der Waals surface area contributed by atoms with E-state index in [0.29, 0.717) is 5.56 Å². The van der Waals surface area contributed by atoms with Gasteiger partial charge < -0.3 is 10.0 Å². The van der Waals surface area contributed by atoms with Crippen LogP contribution in [0, 0.1) is 0 Å². The van der Waals surface area contributed by atoms with E-state index >= 15 is 0 Å². The summed E-state index contributed by atoms with van der Waals surface area (Å²) in [7, 11) is 3.88. The number of hydrogen-bond donors (Lipinski definition) is 1. The van der Waals surface area contributed by atoms with Crippen LogP contribution in [0.4, 0.5) is 5.69 Å². The van der Waals surface area contributed by atoms with E-state index in [0.717, 1.165) is 17.4 Å². The fourth-order valence-corrected chi connectivity index (χ4v) is 1.52. The average Bonchev–Trinajstić information content (AvgIpc) is 2.27. The van der Waals surface area contributed by atoms with Crippen molar-refractivity contribution < 1.29 is 9.90 Å². The summed E-state index contributed by atoms with van der Waals surface area (Å²) in [6, 6.07) is 7.19. The number of carbonyl (C=O) groups is 1. The van der Waals surface area contributed by atoms with Crippen LogP contribution in [0.15, 0.2) is 24.3 Å². The molecule has 82 valence electrons. The number of Topliss-reactive ketones (excluding diaryl/α,β-unsaturated/α-hetero) is 1. The zero-order valence-electron chi connectivity index (χ0n) is 9.10. The third kappa shape index (κ3) is 2.97. The molecule has 0 saturated carbocycles. The molecule has 1 aromatic carbocycles. The summed E-state index contributed by atoms with van der Waals surface area (Å²) in [4.78, 5) is 13.5. The second-order valence-corrected chi connectivity index (χ2v) is 4.31. The van der Waals surface area contributed by atoms with Crippen molar-refractivity contribution in [2.24, 2.45) is 0 Å². The largest absolute Gasteiger partial charge is 0.378 e. The minimum absolute atomic E-state index is 0.243. The third-order valence-electron chi connectivity index (χ3n) is 2.12. The Bertz CT molecular complexity index is 335. The topological polar surface area (TPSA) is 40.5 Å². The van der Waals surface area contributed by atoms with Crippen LogP contribution < -0.4 is 4.90 Å². The Labute approximate surface area is 94.1 Å². The van der Waals surface area contributed by atoms with Gasteiger partial charge in [0.05, 0.1) is 0 Å². The molecule has 15 heavy (non-hydrogen) atoms. The number of benzene rings is 1. The van der Waals surface area contributed by atoms with Gasteiger partial charge in [-0.3, -0.25) is 4.79 Å². The molecule has 0 aliphatic carbocycles. The first-order chi connectivity index (χ1) is 7.06. The molecule has 0 amide bonds. The van der Waals surface area contributed by atoms with Crippen molar-refractivity contribution in [3.63, 3.8) is 0 Å². The lowest BCUT2D eigenvalue weighted by Crippen LogP contribution is -2.16. The van der Waals surface area contributed by atoms with Crippen molar-refractivity contribution in [2.45, 2.75) is 5.44 Å². The maximum Gasteiger partial charge on any atom is 0.201 e. The summed E-state index contributed by atoms with van der Waals surface area (Å²) >= 11 is 1.13. The quantitative estimate of drug-likeness (QED) is 0.624. The fourth-order valence-electron chi connectivity index (χ4n) is 1.17. The number of rotatable bonds is 4. The molecule has 1 aromatic rings. The highest BCUT2D eigenvalue weighted by Gasteiger charge is 2.15. The summed E-state index contributed by atoms with van der Waals surface area (Å²) in [6.45, 7) is 0. The summed E-state index contributed by atoms with van der Waals surface area (Å²) in [5.41, 5.74) is 0.614. The van der Waals surface area contributed by atoms with Crippen molar-refractivity contribution >= 4 is 23.2 Å². The molecule has 1 atom stereocenters. The van der Waals surface area contributed by atoms with Crippen LogP contribution in [0.1, 0.15) is 10.4 Å². The van der Waals surface area contributed by atoms with E-state index in [9.17, 15) is 9.90 Å². The van der Waals surface area contributed by atoms with Gasteiger partial charge in [-0.05, 0) is 30.5 Å². The maximum absolute atomic E-state index is 11.6. The second-order valence-electron chi connectivity index (χ2n) is 3.39. The summed E-state index contributed by atoms with van der Waals surface area (Å²) in [5, 5.41) is 9.36. The van der Waals surface area contributed by atoms with E-state index in [2.05, 4.69) is 0 Å². The Kier molecular flexibility index (Phi) is 4.17. The van der Waals surface area contributed by atoms with Gasteiger partial charge in [-0.25, -0.2) is 0 Å². The van der Waals surface area contributed by atoms with E-state index < -0.39 is 5.44 Å². The predicted molar refractivity (Wildman–Crippen MR) is 64.6 cm³/mol. The number of anilines is 1. The van der Waals surface area contributed by atoms with E-state index in [1.807, 2.05) is 31.1 Å². The molecular formula is C11H15NO2S. The van der Waals surface area contributed by atoms with Crippen LogP contribution in [-0.2, 0) is 0 Å². The summed E-state index contributed by atoms with van der Waals surface area (Å²) < 4.78 is 0. The molecule has 0 aromatic heterocycles. The molecule has 1 unspecified atom stereocenters. The lowest BCUT2D eigenvalue weighted by atomic mass is 10.1. The van der Waals surface area contributed by atoms with Gasteiger partial charge in [-0.2, -0.15) is 0 Å². The average molecular weight is 225 g/mol. The smallest absolute Gasteiger partial charge is 0.201 e. The number of hydrogen-bond acceptors (Lipinski definition) is 4.